The Morgan fingerprint density at radius 2 is 1.75 bits per heavy atom. The Bertz CT molecular complexity index is 1230. The van der Waals surface area contributed by atoms with Crippen LogP contribution in [0.3, 0.4) is 0 Å². The van der Waals surface area contributed by atoms with E-state index in [-0.39, 0.29) is 6.04 Å². The molecule has 0 saturated carbocycles. The number of nitrogens with zero attached hydrogens (tertiary/aromatic N) is 3. The zero-order chi connectivity index (χ0) is 21.5. The molecule has 164 valence electrons. The van der Waals surface area contributed by atoms with Crippen molar-refractivity contribution in [3.05, 3.63) is 87.0 Å². The number of rotatable bonds is 5. The minimum atomic E-state index is 0.162. The fraction of sp³-hybridized carbons (Fsp3) is 0.370. The Kier molecular flexibility index (Phi) is 5.34. The largest absolute Gasteiger partial charge is 0.357 e. The molecule has 4 nitrogen and oxygen atoms in total. The summed E-state index contributed by atoms with van der Waals surface area (Å²) in [7, 11) is 0. The molecule has 1 unspecified atom stereocenters. The van der Waals surface area contributed by atoms with E-state index in [1.807, 2.05) is 11.3 Å². The van der Waals surface area contributed by atoms with E-state index < -0.39 is 0 Å². The van der Waals surface area contributed by atoms with Gasteiger partial charge in [-0.3, -0.25) is 14.8 Å². The third kappa shape index (κ3) is 3.79. The van der Waals surface area contributed by atoms with Gasteiger partial charge in [0.1, 0.15) is 0 Å². The minimum absolute atomic E-state index is 0.162. The van der Waals surface area contributed by atoms with Crippen LogP contribution in [0.15, 0.2) is 54.6 Å². The molecule has 1 N–H and O–H groups in total. The van der Waals surface area contributed by atoms with Crippen molar-refractivity contribution in [3.8, 4) is 0 Å². The summed E-state index contributed by atoms with van der Waals surface area (Å²) in [4.78, 5) is 16.9. The summed E-state index contributed by atoms with van der Waals surface area (Å²) in [5.41, 5.74) is 6.25. The van der Waals surface area contributed by atoms with Crippen molar-refractivity contribution in [2.75, 3.05) is 19.6 Å². The van der Waals surface area contributed by atoms with Crippen molar-refractivity contribution >= 4 is 22.2 Å². The lowest BCUT2D eigenvalue weighted by Gasteiger charge is -2.35. The fourth-order valence-corrected chi connectivity index (χ4v) is 6.55. The summed E-state index contributed by atoms with van der Waals surface area (Å²) in [6, 6.07) is 20.0. The Morgan fingerprint density at radius 3 is 2.59 bits per heavy atom. The number of para-hydroxylation sites is 1. The van der Waals surface area contributed by atoms with E-state index in [9.17, 15) is 0 Å². The van der Waals surface area contributed by atoms with Crippen LogP contribution in [0.2, 0.25) is 0 Å². The van der Waals surface area contributed by atoms with Gasteiger partial charge >= 0.3 is 0 Å². The summed E-state index contributed by atoms with van der Waals surface area (Å²) in [5.74, 6) is 0. The lowest BCUT2D eigenvalue weighted by Crippen LogP contribution is -2.36. The number of benzene rings is 1. The molecule has 3 aromatic heterocycles. The van der Waals surface area contributed by atoms with Crippen molar-refractivity contribution in [1.29, 1.82) is 0 Å². The van der Waals surface area contributed by atoms with E-state index in [0.717, 1.165) is 37.4 Å². The van der Waals surface area contributed by atoms with Gasteiger partial charge in [0.05, 0.1) is 11.7 Å². The van der Waals surface area contributed by atoms with Gasteiger partial charge in [0.2, 0.25) is 0 Å². The Hall–Kier alpha value is -2.47. The number of fused-ring (bicyclic) bond motifs is 3. The van der Waals surface area contributed by atoms with Crippen molar-refractivity contribution in [2.45, 2.75) is 45.3 Å². The average Bonchev–Trinajstić information content (AvgIpc) is 3.54. The number of hydrogen-bond acceptors (Lipinski definition) is 4. The second kappa shape index (κ2) is 8.47. The van der Waals surface area contributed by atoms with E-state index in [4.69, 9.17) is 4.98 Å². The van der Waals surface area contributed by atoms with E-state index in [1.54, 1.807) is 0 Å². The van der Waals surface area contributed by atoms with Crippen LogP contribution in [0.1, 0.15) is 51.3 Å². The van der Waals surface area contributed by atoms with Crippen molar-refractivity contribution in [2.24, 2.45) is 0 Å². The number of nitrogens with one attached hydrogen (secondary N) is 1. The number of aryl methyl sites for hydroxylation is 1. The Labute approximate surface area is 193 Å². The lowest BCUT2D eigenvalue weighted by atomic mass is 9.94. The standard InChI is InChI=1S/C27H30N4S/c1-19-7-6-10-25(28-19)27-26-23(22-8-2-3-9-24(22)29-26)13-16-31(27)18-21-12-11-20(32-21)17-30-14-4-5-15-30/h2-3,6-12,27,29H,4-5,13-18H2,1H3. The third-order valence-corrected chi connectivity index (χ3v) is 8.03. The van der Waals surface area contributed by atoms with Gasteiger partial charge in [-0.1, -0.05) is 24.3 Å². The van der Waals surface area contributed by atoms with Gasteiger partial charge in [0, 0.05) is 51.7 Å². The second-order valence-electron chi connectivity index (χ2n) is 9.24. The monoisotopic (exact) mass is 442 g/mol. The fourth-order valence-electron chi connectivity index (χ4n) is 5.47. The van der Waals surface area contributed by atoms with Crippen LogP contribution >= 0.6 is 11.3 Å². The van der Waals surface area contributed by atoms with Gasteiger partial charge < -0.3 is 4.98 Å². The quantitative estimate of drug-likeness (QED) is 0.432. The number of hydrogen-bond donors (Lipinski definition) is 1. The molecule has 1 atom stereocenters. The first-order valence-corrected chi connectivity index (χ1v) is 12.6. The van der Waals surface area contributed by atoms with Gasteiger partial charge in [0.15, 0.2) is 0 Å². The Morgan fingerprint density at radius 1 is 0.938 bits per heavy atom. The van der Waals surface area contributed by atoms with Crippen LogP contribution in [0.5, 0.6) is 0 Å². The minimum Gasteiger partial charge on any atom is -0.357 e. The molecule has 0 amide bonds. The number of H-pyrrole nitrogens is 1. The highest BCUT2D eigenvalue weighted by atomic mass is 32.1. The van der Waals surface area contributed by atoms with Gasteiger partial charge in [0.25, 0.3) is 0 Å². The van der Waals surface area contributed by atoms with Gasteiger partial charge in [-0.15, -0.1) is 11.3 Å². The smallest absolute Gasteiger partial charge is 0.0934 e. The lowest BCUT2D eigenvalue weighted by molar-refractivity contribution is 0.200. The van der Waals surface area contributed by atoms with Crippen LogP contribution < -0.4 is 0 Å². The third-order valence-electron chi connectivity index (χ3n) is 6.98. The molecule has 1 saturated heterocycles. The van der Waals surface area contributed by atoms with Crippen LogP contribution in [0, 0.1) is 6.92 Å². The molecule has 4 aromatic rings. The maximum atomic E-state index is 4.97. The number of likely N-dealkylation sites (tertiary alicyclic amines) is 1. The first kappa shape index (κ1) is 20.2. The zero-order valence-electron chi connectivity index (χ0n) is 18.7. The summed E-state index contributed by atoms with van der Waals surface area (Å²) < 4.78 is 0. The van der Waals surface area contributed by atoms with Gasteiger partial charge in [-0.2, -0.15) is 0 Å². The Balaban J connectivity index is 1.33. The molecule has 5 heterocycles. The highest BCUT2D eigenvalue weighted by molar-refractivity contribution is 7.11. The van der Waals surface area contributed by atoms with Gasteiger partial charge in [-0.05, 0) is 75.2 Å². The van der Waals surface area contributed by atoms with Crippen molar-refractivity contribution in [3.63, 3.8) is 0 Å². The molecule has 0 aliphatic carbocycles. The summed E-state index contributed by atoms with van der Waals surface area (Å²) in [6.45, 7) is 7.73. The molecule has 0 spiro atoms. The number of aromatic amines is 1. The summed E-state index contributed by atoms with van der Waals surface area (Å²) in [6.07, 6.45) is 3.78. The zero-order valence-corrected chi connectivity index (χ0v) is 19.5. The van der Waals surface area contributed by atoms with Crippen LogP contribution in [0.4, 0.5) is 0 Å². The molecule has 2 aliphatic heterocycles. The molecular weight excluding hydrogens is 412 g/mol. The molecule has 1 fully saturated rings. The SMILES string of the molecule is Cc1cccc(C2c3[nH]c4ccccc4c3CCN2Cc2ccc(CN3CCCC3)s2)n1. The maximum absolute atomic E-state index is 4.97. The molecule has 5 heteroatoms. The predicted octanol–water partition coefficient (Wildman–Crippen LogP) is 5.68. The molecule has 0 radical (unpaired) electrons. The molecule has 0 bridgehead atoms. The second-order valence-corrected chi connectivity index (χ2v) is 10.5. The normalized spacial score (nSPS) is 19.6. The average molecular weight is 443 g/mol. The highest BCUT2D eigenvalue weighted by Gasteiger charge is 2.32. The first-order chi connectivity index (χ1) is 15.7. The topological polar surface area (TPSA) is 35.2 Å². The number of pyridine rings is 1. The molecule has 6 rings (SSSR count). The van der Waals surface area contributed by atoms with E-state index in [0.29, 0.717) is 0 Å². The summed E-state index contributed by atoms with van der Waals surface area (Å²) >= 11 is 1.99. The predicted molar refractivity (Wildman–Crippen MR) is 132 cm³/mol. The molecule has 2 aliphatic rings. The van der Waals surface area contributed by atoms with E-state index in [2.05, 4.69) is 76.3 Å². The van der Waals surface area contributed by atoms with Crippen molar-refractivity contribution < 1.29 is 0 Å². The van der Waals surface area contributed by atoms with Crippen LogP contribution in [-0.2, 0) is 19.5 Å². The van der Waals surface area contributed by atoms with E-state index >= 15 is 0 Å². The molecular formula is C27H30N4S. The van der Waals surface area contributed by atoms with Crippen LogP contribution in [-0.4, -0.2) is 39.4 Å². The first-order valence-electron chi connectivity index (χ1n) is 11.8. The molecule has 1 aromatic carbocycles. The van der Waals surface area contributed by atoms with Crippen molar-refractivity contribution in [1.82, 2.24) is 19.8 Å². The molecule has 32 heavy (non-hydrogen) atoms. The number of thiophene rings is 1. The van der Waals surface area contributed by atoms with Gasteiger partial charge in [-0.25, -0.2) is 0 Å². The van der Waals surface area contributed by atoms with Crippen LogP contribution in [0.25, 0.3) is 10.9 Å². The number of aromatic nitrogens is 2. The summed E-state index contributed by atoms with van der Waals surface area (Å²) in [5, 5.41) is 1.36. The highest BCUT2D eigenvalue weighted by Crippen LogP contribution is 2.39. The maximum Gasteiger partial charge on any atom is 0.0934 e. The van der Waals surface area contributed by atoms with E-state index in [1.165, 1.54) is 57.8 Å².